The third-order valence-corrected chi connectivity index (χ3v) is 4.88. The van der Waals surface area contributed by atoms with E-state index in [0.29, 0.717) is 6.42 Å². The second-order valence-corrected chi connectivity index (χ2v) is 7.34. The molecule has 0 aliphatic rings. The number of carboxylic acids is 1. The third-order valence-electron chi connectivity index (χ3n) is 4.18. The fraction of sp³-hybridized carbons (Fsp3) is 0.304. The van der Waals surface area contributed by atoms with Gasteiger partial charge in [-0.15, -0.1) is 0 Å². The first-order valence-corrected chi connectivity index (χ1v) is 10.8. The minimum atomic E-state index is -0.695. The summed E-state index contributed by atoms with van der Waals surface area (Å²) in [6.07, 6.45) is 5.23. The van der Waals surface area contributed by atoms with Gasteiger partial charge in [0.25, 0.3) is 0 Å². The Labute approximate surface area is 177 Å². The molecule has 0 aliphatic heterocycles. The highest BCUT2D eigenvalue weighted by atomic mass is 32.2. The van der Waals surface area contributed by atoms with E-state index in [1.807, 2.05) is 37.6 Å². The normalized spacial score (nSPS) is 9.66. The molecule has 0 atom stereocenters. The van der Waals surface area contributed by atoms with Gasteiger partial charge < -0.3 is 15.0 Å². The van der Waals surface area contributed by atoms with Crippen LogP contribution in [-0.2, 0) is 11.8 Å². The molecule has 0 unspecified atom stereocenters. The number of aliphatic carboxylic acids is 1. The molecule has 3 rings (SSSR count). The van der Waals surface area contributed by atoms with Gasteiger partial charge in [-0.1, -0.05) is 30.3 Å². The summed E-state index contributed by atoms with van der Waals surface area (Å²) in [6.45, 7) is 5.59. The van der Waals surface area contributed by atoms with Crippen LogP contribution in [0.1, 0.15) is 18.4 Å². The van der Waals surface area contributed by atoms with Crippen LogP contribution in [0.3, 0.4) is 0 Å². The molecule has 3 aromatic rings. The molecule has 0 saturated heterocycles. The van der Waals surface area contributed by atoms with Crippen LogP contribution < -0.4 is 5.32 Å². The largest absolute Gasteiger partial charge is 0.481 e. The molecule has 156 valence electrons. The summed E-state index contributed by atoms with van der Waals surface area (Å²) in [4.78, 5) is 13.7. The molecule has 0 aliphatic carbocycles. The molecular weight excluding hydrogens is 382 g/mol. The van der Waals surface area contributed by atoms with Gasteiger partial charge in [-0.05, 0) is 55.8 Å². The number of hydrogen-bond donors (Lipinski definition) is 2. The number of para-hydroxylation sites is 3. The number of aliphatic imine (C=N–C) groups is 1. The van der Waals surface area contributed by atoms with Crippen molar-refractivity contribution in [3.8, 4) is 0 Å². The molecule has 5 nitrogen and oxygen atoms in total. The van der Waals surface area contributed by atoms with Crippen molar-refractivity contribution in [2.24, 2.45) is 12.0 Å². The molecule has 2 N–H and O–H groups in total. The van der Waals surface area contributed by atoms with Crippen LogP contribution in [0, 0.1) is 6.92 Å². The van der Waals surface area contributed by atoms with Crippen LogP contribution >= 0.6 is 11.8 Å². The second-order valence-electron chi connectivity index (χ2n) is 6.36. The maximum atomic E-state index is 9.86. The quantitative estimate of drug-likeness (QED) is 0.398. The standard InChI is InChI=1S/C10H11N.C8H10N2.C5H10O2S/c1-8-7-11(2)10-6-4-3-5-9(8)10;1-9-7-5-3-4-6-8(7)10-2;1-8-4-2-3-5(6)7/h3-7H,1-2H3;3-6,10H,1H2,2H3;2-4H2,1H3,(H,6,7). The van der Waals surface area contributed by atoms with Crippen molar-refractivity contribution >= 4 is 46.7 Å². The Morgan fingerprint density at radius 2 is 1.86 bits per heavy atom. The molecule has 0 bridgehead atoms. The van der Waals surface area contributed by atoms with E-state index in [2.05, 4.69) is 66.0 Å². The monoisotopic (exact) mass is 413 g/mol. The topological polar surface area (TPSA) is 66.6 Å². The number of nitrogens with zero attached hydrogens (tertiary/aromatic N) is 2. The van der Waals surface area contributed by atoms with E-state index in [4.69, 9.17) is 5.11 Å². The van der Waals surface area contributed by atoms with Crippen molar-refractivity contribution in [3.05, 3.63) is 60.3 Å². The summed E-state index contributed by atoms with van der Waals surface area (Å²) in [6, 6.07) is 16.2. The zero-order valence-electron chi connectivity index (χ0n) is 17.7. The summed E-state index contributed by atoms with van der Waals surface area (Å²) >= 11 is 1.68. The summed E-state index contributed by atoms with van der Waals surface area (Å²) in [5.41, 5.74) is 4.57. The van der Waals surface area contributed by atoms with E-state index in [9.17, 15) is 4.79 Å². The summed E-state index contributed by atoms with van der Waals surface area (Å²) in [5, 5.41) is 12.5. The average molecular weight is 414 g/mol. The maximum Gasteiger partial charge on any atom is 0.303 e. The lowest BCUT2D eigenvalue weighted by Gasteiger charge is -2.01. The van der Waals surface area contributed by atoms with Gasteiger partial charge in [0, 0.05) is 37.6 Å². The Morgan fingerprint density at radius 3 is 2.41 bits per heavy atom. The highest BCUT2D eigenvalue weighted by molar-refractivity contribution is 7.98. The minimum absolute atomic E-state index is 0.306. The number of anilines is 1. The van der Waals surface area contributed by atoms with Crippen molar-refractivity contribution in [2.45, 2.75) is 19.8 Å². The number of aryl methyl sites for hydroxylation is 2. The van der Waals surface area contributed by atoms with Crippen molar-refractivity contribution in [3.63, 3.8) is 0 Å². The lowest BCUT2D eigenvalue weighted by Crippen LogP contribution is -1.94. The number of aromatic nitrogens is 1. The summed E-state index contributed by atoms with van der Waals surface area (Å²) in [5.74, 6) is 0.255. The van der Waals surface area contributed by atoms with E-state index in [-0.39, 0.29) is 0 Å². The van der Waals surface area contributed by atoms with Crippen molar-refractivity contribution in [2.75, 3.05) is 24.4 Å². The average Bonchev–Trinajstić information content (AvgIpc) is 3.03. The fourth-order valence-electron chi connectivity index (χ4n) is 2.73. The first-order valence-electron chi connectivity index (χ1n) is 9.39. The highest BCUT2D eigenvalue weighted by Crippen LogP contribution is 2.22. The van der Waals surface area contributed by atoms with E-state index < -0.39 is 5.97 Å². The van der Waals surface area contributed by atoms with E-state index in [1.54, 1.807) is 11.8 Å². The zero-order valence-corrected chi connectivity index (χ0v) is 18.5. The molecule has 0 saturated carbocycles. The number of nitrogens with one attached hydrogen (secondary N) is 1. The first kappa shape index (κ1) is 24.3. The molecule has 6 heteroatoms. The first-order chi connectivity index (χ1) is 13.9. The lowest BCUT2D eigenvalue weighted by atomic mass is 10.2. The van der Waals surface area contributed by atoms with Crippen LogP contribution in [-0.4, -0.2) is 41.4 Å². The van der Waals surface area contributed by atoms with Crippen LogP contribution in [0.25, 0.3) is 10.9 Å². The molecule has 0 fully saturated rings. The van der Waals surface area contributed by atoms with Gasteiger partial charge in [0.2, 0.25) is 0 Å². The van der Waals surface area contributed by atoms with Crippen LogP contribution in [0.5, 0.6) is 0 Å². The number of carboxylic acid groups (broad SMARTS) is 1. The van der Waals surface area contributed by atoms with E-state index >= 15 is 0 Å². The van der Waals surface area contributed by atoms with Gasteiger partial charge in [-0.25, -0.2) is 0 Å². The number of carbonyl (C=O) groups is 1. The van der Waals surface area contributed by atoms with E-state index in [0.717, 1.165) is 23.5 Å². The molecule has 1 heterocycles. The molecular formula is C23H31N3O2S. The highest BCUT2D eigenvalue weighted by Gasteiger charge is 1.99. The number of fused-ring (bicyclic) bond motifs is 1. The molecule has 2 aromatic carbocycles. The number of thioether (sulfide) groups is 1. The molecule has 29 heavy (non-hydrogen) atoms. The Bertz CT molecular complexity index is 870. The molecule has 0 amide bonds. The third kappa shape index (κ3) is 8.44. The van der Waals surface area contributed by atoms with E-state index in [1.165, 1.54) is 16.5 Å². The van der Waals surface area contributed by atoms with Crippen molar-refractivity contribution < 1.29 is 9.90 Å². The Morgan fingerprint density at radius 1 is 1.21 bits per heavy atom. The van der Waals surface area contributed by atoms with Crippen molar-refractivity contribution in [1.29, 1.82) is 0 Å². The zero-order chi connectivity index (χ0) is 21.6. The van der Waals surface area contributed by atoms with Gasteiger partial charge in [0.05, 0.1) is 11.4 Å². The maximum absolute atomic E-state index is 9.86. The molecule has 1 aromatic heterocycles. The van der Waals surface area contributed by atoms with Gasteiger partial charge >= 0.3 is 5.97 Å². The molecule has 0 radical (unpaired) electrons. The van der Waals surface area contributed by atoms with Crippen LogP contribution in [0.15, 0.2) is 59.7 Å². The van der Waals surface area contributed by atoms with Gasteiger partial charge in [0.1, 0.15) is 0 Å². The lowest BCUT2D eigenvalue weighted by molar-refractivity contribution is -0.137. The van der Waals surface area contributed by atoms with Gasteiger partial charge in [0.15, 0.2) is 0 Å². The fourth-order valence-corrected chi connectivity index (χ4v) is 3.17. The Balaban J connectivity index is 0.000000221. The number of hydrogen-bond acceptors (Lipinski definition) is 4. The van der Waals surface area contributed by atoms with Crippen molar-refractivity contribution in [1.82, 2.24) is 4.57 Å². The predicted molar refractivity (Wildman–Crippen MR) is 128 cm³/mol. The Kier molecular flexibility index (Phi) is 11.3. The minimum Gasteiger partial charge on any atom is -0.481 e. The van der Waals surface area contributed by atoms with Gasteiger partial charge in [-0.3, -0.25) is 9.79 Å². The van der Waals surface area contributed by atoms with Gasteiger partial charge in [-0.2, -0.15) is 11.8 Å². The Hall–Kier alpha value is -2.73. The predicted octanol–water partition coefficient (Wildman–Crippen LogP) is 5.76. The SMILES string of the molecule is C=Nc1ccccc1NC.CSCCCC(=O)O.Cc1cn(C)c2ccccc12. The van der Waals surface area contributed by atoms with Crippen LogP contribution in [0.2, 0.25) is 0 Å². The summed E-state index contributed by atoms with van der Waals surface area (Å²) in [7, 11) is 3.94. The second kappa shape index (κ2) is 13.4. The smallest absolute Gasteiger partial charge is 0.303 e. The number of benzene rings is 2. The molecule has 0 spiro atoms. The van der Waals surface area contributed by atoms with Crippen LogP contribution in [0.4, 0.5) is 11.4 Å². The number of rotatable bonds is 6. The summed E-state index contributed by atoms with van der Waals surface area (Å²) < 4.78 is 2.16.